The second kappa shape index (κ2) is 5.11. The molecule has 1 aromatic rings. The Labute approximate surface area is 109 Å². The van der Waals surface area contributed by atoms with E-state index in [1.54, 1.807) is 0 Å². The summed E-state index contributed by atoms with van der Waals surface area (Å²) < 4.78 is 2.26. The summed E-state index contributed by atoms with van der Waals surface area (Å²) in [5, 5.41) is 9.60. The van der Waals surface area contributed by atoms with Crippen molar-refractivity contribution in [3.05, 3.63) is 30.3 Å². The SMILES string of the molecule is CC(C)(C)[C@@H](CO)[N+]1=CN(c2ccccc2)CC1. The lowest BCUT2D eigenvalue weighted by Gasteiger charge is -2.27. The average Bonchev–Trinajstić information content (AvgIpc) is 2.78. The van der Waals surface area contributed by atoms with Crippen LogP contribution in [-0.2, 0) is 0 Å². The number of aliphatic hydroxyl groups excluding tert-OH is 1. The molecule has 0 radical (unpaired) electrons. The molecule has 1 N–H and O–H groups in total. The smallest absolute Gasteiger partial charge is 0.239 e. The van der Waals surface area contributed by atoms with E-state index < -0.39 is 0 Å². The van der Waals surface area contributed by atoms with Crippen molar-refractivity contribution in [1.29, 1.82) is 0 Å². The molecule has 3 heteroatoms. The van der Waals surface area contributed by atoms with Gasteiger partial charge in [-0.3, -0.25) is 4.58 Å². The van der Waals surface area contributed by atoms with Gasteiger partial charge < -0.3 is 5.11 Å². The Hall–Kier alpha value is -1.35. The average molecular weight is 247 g/mol. The van der Waals surface area contributed by atoms with Crippen molar-refractivity contribution in [1.82, 2.24) is 0 Å². The zero-order valence-electron chi connectivity index (χ0n) is 11.5. The third kappa shape index (κ3) is 2.72. The van der Waals surface area contributed by atoms with Crippen molar-refractivity contribution in [2.75, 3.05) is 24.6 Å². The van der Waals surface area contributed by atoms with Crippen molar-refractivity contribution < 1.29 is 9.68 Å². The molecule has 0 fully saturated rings. The summed E-state index contributed by atoms with van der Waals surface area (Å²) in [6, 6.07) is 10.5. The van der Waals surface area contributed by atoms with Crippen molar-refractivity contribution >= 4 is 12.0 Å². The summed E-state index contributed by atoms with van der Waals surface area (Å²) in [7, 11) is 0. The molecule has 3 nitrogen and oxygen atoms in total. The van der Waals surface area contributed by atoms with Crippen LogP contribution >= 0.6 is 0 Å². The third-order valence-corrected chi connectivity index (χ3v) is 3.55. The molecule has 98 valence electrons. The van der Waals surface area contributed by atoms with Crippen LogP contribution in [0.2, 0.25) is 0 Å². The molecule has 2 rings (SSSR count). The van der Waals surface area contributed by atoms with Crippen molar-refractivity contribution in [3.63, 3.8) is 0 Å². The van der Waals surface area contributed by atoms with Crippen LogP contribution in [0.3, 0.4) is 0 Å². The summed E-state index contributed by atoms with van der Waals surface area (Å²) >= 11 is 0. The van der Waals surface area contributed by atoms with E-state index in [-0.39, 0.29) is 18.1 Å². The Morgan fingerprint density at radius 1 is 1.28 bits per heavy atom. The minimum absolute atomic E-state index is 0.0813. The monoisotopic (exact) mass is 247 g/mol. The van der Waals surface area contributed by atoms with Gasteiger partial charge in [-0.2, -0.15) is 0 Å². The zero-order chi connectivity index (χ0) is 13.2. The van der Waals surface area contributed by atoms with Crippen molar-refractivity contribution in [2.24, 2.45) is 5.41 Å². The quantitative estimate of drug-likeness (QED) is 0.826. The van der Waals surface area contributed by atoms with Crippen LogP contribution in [0.25, 0.3) is 0 Å². The van der Waals surface area contributed by atoms with Gasteiger partial charge in [-0.05, 0) is 12.1 Å². The number of rotatable bonds is 3. The van der Waals surface area contributed by atoms with Gasteiger partial charge in [0.05, 0.1) is 6.61 Å². The number of nitrogens with zero attached hydrogens (tertiary/aromatic N) is 2. The first kappa shape index (κ1) is 13.1. The van der Waals surface area contributed by atoms with Gasteiger partial charge in [-0.1, -0.05) is 39.0 Å². The number of hydrogen-bond acceptors (Lipinski definition) is 2. The molecule has 18 heavy (non-hydrogen) atoms. The molecule has 0 amide bonds. The molecule has 0 bridgehead atoms. The zero-order valence-corrected chi connectivity index (χ0v) is 11.5. The number of aliphatic hydroxyl groups is 1. The van der Waals surface area contributed by atoms with Crippen LogP contribution in [0.5, 0.6) is 0 Å². The van der Waals surface area contributed by atoms with Crippen LogP contribution in [0.15, 0.2) is 30.3 Å². The highest BCUT2D eigenvalue weighted by atomic mass is 16.3. The lowest BCUT2D eigenvalue weighted by molar-refractivity contribution is -0.572. The molecule has 0 saturated carbocycles. The predicted octanol–water partition coefficient (Wildman–Crippen LogP) is 1.95. The van der Waals surface area contributed by atoms with Gasteiger partial charge in [0.2, 0.25) is 6.34 Å². The second-order valence-electron chi connectivity index (χ2n) is 5.95. The molecule has 0 aliphatic carbocycles. The van der Waals surface area contributed by atoms with Crippen molar-refractivity contribution in [2.45, 2.75) is 26.8 Å². The van der Waals surface area contributed by atoms with Gasteiger partial charge in [0.25, 0.3) is 0 Å². The Bertz CT molecular complexity index is 420. The van der Waals surface area contributed by atoms with Gasteiger partial charge in [0.15, 0.2) is 0 Å². The maximum Gasteiger partial charge on any atom is 0.239 e. The summed E-state index contributed by atoms with van der Waals surface area (Å²) in [4.78, 5) is 2.24. The van der Waals surface area contributed by atoms with Gasteiger partial charge in [0, 0.05) is 5.41 Å². The fourth-order valence-corrected chi connectivity index (χ4v) is 2.45. The molecule has 0 saturated heterocycles. The first-order chi connectivity index (χ1) is 8.52. The summed E-state index contributed by atoms with van der Waals surface area (Å²) in [5.41, 5.74) is 1.29. The van der Waals surface area contributed by atoms with Crippen LogP contribution in [0, 0.1) is 5.41 Å². The van der Waals surface area contributed by atoms with Crippen LogP contribution in [0.4, 0.5) is 5.69 Å². The minimum atomic E-state index is 0.0813. The first-order valence-corrected chi connectivity index (χ1v) is 6.55. The second-order valence-corrected chi connectivity index (χ2v) is 5.95. The number of benzene rings is 1. The molecule has 1 aliphatic rings. The fraction of sp³-hybridized carbons (Fsp3) is 0.533. The summed E-state index contributed by atoms with van der Waals surface area (Å²) in [6.45, 7) is 8.67. The minimum Gasteiger partial charge on any atom is -0.392 e. The topological polar surface area (TPSA) is 26.5 Å². The van der Waals surface area contributed by atoms with Gasteiger partial charge in [0.1, 0.15) is 24.8 Å². The Kier molecular flexibility index (Phi) is 3.71. The number of hydrogen-bond donors (Lipinski definition) is 1. The highest BCUT2D eigenvalue weighted by Crippen LogP contribution is 2.23. The van der Waals surface area contributed by atoms with Gasteiger partial charge >= 0.3 is 0 Å². The number of para-hydroxylation sites is 1. The fourth-order valence-electron chi connectivity index (χ4n) is 2.45. The van der Waals surface area contributed by atoms with E-state index in [2.05, 4.69) is 60.9 Å². The number of anilines is 1. The highest BCUT2D eigenvalue weighted by Gasteiger charge is 2.34. The van der Waals surface area contributed by atoms with E-state index in [1.165, 1.54) is 5.69 Å². The molecule has 1 aliphatic heterocycles. The lowest BCUT2D eigenvalue weighted by Crippen LogP contribution is -2.40. The Balaban J connectivity index is 2.18. The summed E-state index contributed by atoms with van der Waals surface area (Å²) in [5.74, 6) is 0. The van der Waals surface area contributed by atoms with E-state index in [1.807, 2.05) is 6.07 Å². The molecular formula is C15H23N2O+. The molecule has 1 aromatic carbocycles. The molecule has 0 spiro atoms. The highest BCUT2D eigenvalue weighted by molar-refractivity contribution is 5.76. The van der Waals surface area contributed by atoms with E-state index >= 15 is 0 Å². The predicted molar refractivity (Wildman–Crippen MR) is 75.3 cm³/mol. The molecule has 1 heterocycles. The van der Waals surface area contributed by atoms with Crippen molar-refractivity contribution in [3.8, 4) is 0 Å². The standard InChI is InChI=1S/C15H23N2O/c1-15(2,3)14(11-18)17-10-9-16(12-17)13-7-5-4-6-8-13/h4-8,12,14,18H,9-11H2,1-3H3/q+1/t14-/m1/s1. The van der Waals surface area contributed by atoms with E-state index in [4.69, 9.17) is 0 Å². The molecule has 1 atom stereocenters. The van der Waals surface area contributed by atoms with E-state index in [9.17, 15) is 5.11 Å². The molecule has 0 aromatic heterocycles. The Morgan fingerprint density at radius 2 is 1.94 bits per heavy atom. The van der Waals surface area contributed by atoms with Crippen LogP contribution in [0.1, 0.15) is 20.8 Å². The maximum absolute atomic E-state index is 9.60. The normalized spacial score (nSPS) is 17.8. The summed E-state index contributed by atoms with van der Waals surface area (Å²) in [6.07, 6.45) is 2.14. The van der Waals surface area contributed by atoms with Crippen LogP contribution < -0.4 is 4.90 Å². The third-order valence-electron chi connectivity index (χ3n) is 3.55. The van der Waals surface area contributed by atoms with Gasteiger partial charge in [-0.25, -0.2) is 4.90 Å². The van der Waals surface area contributed by atoms with Gasteiger partial charge in [-0.15, -0.1) is 0 Å². The largest absolute Gasteiger partial charge is 0.392 e. The lowest BCUT2D eigenvalue weighted by atomic mass is 9.87. The Morgan fingerprint density at radius 3 is 2.50 bits per heavy atom. The maximum atomic E-state index is 9.60. The first-order valence-electron chi connectivity index (χ1n) is 6.55. The van der Waals surface area contributed by atoms with E-state index in [0.29, 0.717) is 0 Å². The van der Waals surface area contributed by atoms with E-state index in [0.717, 1.165) is 13.1 Å². The molecular weight excluding hydrogens is 224 g/mol. The van der Waals surface area contributed by atoms with Crippen LogP contribution in [-0.4, -0.2) is 41.8 Å². The molecule has 0 unspecified atom stereocenters.